The molecule has 0 saturated heterocycles. The molecule has 0 aromatic rings. The Bertz CT molecular complexity index is 433. The van der Waals surface area contributed by atoms with Crippen LogP contribution in [-0.4, -0.2) is 47.3 Å². The molecule has 0 aromatic carbocycles. The second kappa shape index (κ2) is 16.5. The van der Waals surface area contributed by atoms with Crippen molar-refractivity contribution in [2.24, 2.45) is 0 Å². The topological polar surface area (TPSA) is 127 Å². The molecular weight excluding hydrogens is 344 g/mol. The molecule has 0 bridgehead atoms. The third kappa shape index (κ3) is 16.9. The van der Waals surface area contributed by atoms with Gasteiger partial charge in [-0.1, -0.05) is 25.7 Å². The van der Waals surface area contributed by atoms with Gasteiger partial charge in [0.2, 0.25) is 0 Å². The molecule has 26 heavy (non-hydrogen) atoms. The second-order valence-corrected chi connectivity index (χ2v) is 6.01. The smallest absolute Gasteiger partial charge is 0.314 e. The Hall–Kier alpha value is -1.96. The first-order valence-corrected chi connectivity index (χ1v) is 9.17. The number of aliphatic carboxylic acids is 1. The van der Waals surface area contributed by atoms with Gasteiger partial charge in [-0.3, -0.25) is 19.2 Å². The molecule has 0 aromatic heterocycles. The highest BCUT2D eigenvalue weighted by Crippen LogP contribution is 2.10. The van der Waals surface area contributed by atoms with Gasteiger partial charge in [-0.15, -0.1) is 0 Å². The van der Waals surface area contributed by atoms with E-state index in [0.29, 0.717) is 32.3 Å². The maximum atomic E-state index is 11.4. The van der Waals surface area contributed by atoms with Crippen LogP contribution in [0.1, 0.15) is 77.0 Å². The van der Waals surface area contributed by atoms with E-state index in [2.05, 4.69) is 4.74 Å². The summed E-state index contributed by atoms with van der Waals surface area (Å²) in [6.45, 7) is 0.463. The Labute approximate surface area is 153 Å². The van der Waals surface area contributed by atoms with Crippen LogP contribution < -0.4 is 0 Å². The summed E-state index contributed by atoms with van der Waals surface area (Å²) in [5, 5.41) is 17.0. The Kier molecular flexibility index (Phi) is 15.3. The van der Waals surface area contributed by atoms with Crippen LogP contribution in [0, 0.1) is 0 Å². The zero-order valence-corrected chi connectivity index (χ0v) is 15.2. The molecule has 0 atom stereocenters. The Morgan fingerprint density at radius 1 is 0.615 bits per heavy atom. The van der Waals surface area contributed by atoms with Gasteiger partial charge in [-0.05, 0) is 25.7 Å². The fourth-order valence-corrected chi connectivity index (χ4v) is 2.16. The summed E-state index contributed by atoms with van der Waals surface area (Å²) in [4.78, 5) is 44.2. The Morgan fingerprint density at radius 3 is 1.73 bits per heavy atom. The highest BCUT2D eigenvalue weighted by molar-refractivity contribution is 5.86. The lowest BCUT2D eigenvalue weighted by atomic mass is 10.1. The monoisotopic (exact) mass is 374 g/mol. The van der Waals surface area contributed by atoms with Crippen LogP contribution >= 0.6 is 0 Å². The average Bonchev–Trinajstić information content (AvgIpc) is 2.59. The number of hydrogen-bond acceptors (Lipinski definition) is 7. The normalized spacial score (nSPS) is 10.3. The van der Waals surface area contributed by atoms with Crippen LogP contribution in [0.5, 0.6) is 0 Å². The molecule has 0 amide bonds. The van der Waals surface area contributed by atoms with Crippen LogP contribution in [0.2, 0.25) is 0 Å². The quantitative estimate of drug-likeness (QED) is 0.239. The zero-order chi connectivity index (χ0) is 19.6. The van der Waals surface area contributed by atoms with Crippen molar-refractivity contribution in [1.29, 1.82) is 0 Å². The first kappa shape index (κ1) is 24.0. The van der Waals surface area contributed by atoms with E-state index in [4.69, 9.17) is 14.9 Å². The molecule has 8 heteroatoms. The third-order valence-electron chi connectivity index (χ3n) is 3.60. The van der Waals surface area contributed by atoms with E-state index >= 15 is 0 Å². The van der Waals surface area contributed by atoms with E-state index in [1.807, 2.05) is 0 Å². The summed E-state index contributed by atoms with van der Waals surface area (Å²) in [5.74, 6) is -2.74. The third-order valence-corrected chi connectivity index (χ3v) is 3.60. The van der Waals surface area contributed by atoms with Crippen molar-refractivity contribution in [3.63, 3.8) is 0 Å². The minimum atomic E-state index is -1.11. The van der Waals surface area contributed by atoms with Crippen molar-refractivity contribution in [1.82, 2.24) is 0 Å². The number of unbranched alkanes of at least 4 members (excludes halogenated alkanes) is 6. The maximum absolute atomic E-state index is 11.4. The zero-order valence-electron chi connectivity index (χ0n) is 15.2. The van der Waals surface area contributed by atoms with Crippen molar-refractivity contribution >= 4 is 23.9 Å². The highest BCUT2D eigenvalue weighted by atomic mass is 16.6. The summed E-state index contributed by atoms with van der Waals surface area (Å²) in [7, 11) is 0. The number of carbonyl (C=O) groups is 4. The van der Waals surface area contributed by atoms with Crippen LogP contribution in [0.3, 0.4) is 0 Å². The van der Waals surface area contributed by atoms with Crippen LogP contribution in [0.15, 0.2) is 0 Å². The molecule has 150 valence electrons. The SMILES string of the molecule is O=C(O)CCC(=O)OC(=O)CCCCCCCCC(=O)OCCCCO. The minimum absolute atomic E-state index is 0.107. The number of ether oxygens (including phenoxy) is 2. The number of esters is 3. The van der Waals surface area contributed by atoms with Crippen molar-refractivity contribution < 1.29 is 38.9 Å². The summed E-state index contributed by atoms with van der Waals surface area (Å²) >= 11 is 0. The fraction of sp³-hybridized carbons (Fsp3) is 0.778. The lowest BCUT2D eigenvalue weighted by Gasteiger charge is -2.04. The van der Waals surface area contributed by atoms with Gasteiger partial charge < -0.3 is 19.7 Å². The van der Waals surface area contributed by atoms with Gasteiger partial charge >= 0.3 is 23.9 Å². The van der Waals surface area contributed by atoms with Crippen molar-refractivity contribution in [2.45, 2.75) is 77.0 Å². The van der Waals surface area contributed by atoms with E-state index in [1.54, 1.807) is 0 Å². The van der Waals surface area contributed by atoms with E-state index in [9.17, 15) is 19.2 Å². The van der Waals surface area contributed by atoms with Crippen molar-refractivity contribution in [3.05, 3.63) is 0 Å². The van der Waals surface area contributed by atoms with Gasteiger partial charge in [-0.25, -0.2) is 0 Å². The second-order valence-electron chi connectivity index (χ2n) is 6.01. The molecule has 0 aliphatic rings. The molecule has 0 saturated carbocycles. The number of carboxylic acids is 1. The first-order valence-electron chi connectivity index (χ1n) is 9.17. The van der Waals surface area contributed by atoms with Gasteiger partial charge in [0.25, 0.3) is 0 Å². The Morgan fingerprint density at radius 2 is 1.15 bits per heavy atom. The Balaban J connectivity index is 3.42. The predicted octanol–water partition coefficient (Wildman–Crippen LogP) is 2.36. The first-order chi connectivity index (χ1) is 12.5. The molecule has 0 aliphatic carbocycles. The van der Waals surface area contributed by atoms with Crippen LogP contribution in [0.4, 0.5) is 0 Å². The average molecular weight is 374 g/mol. The molecule has 0 heterocycles. The standard InChI is InChI=1S/C18H30O8/c19-13-7-8-14-25-16(22)9-5-3-1-2-4-6-10-17(23)26-18(24)12-11-15(20)21/h19H,1-14H2,(H,20,21). The minimum Gasteiger partial charge on any atom is -0.481 e. The molecule has 2 N–H and O–H groups in total. The molecule has 8 nitrogen and oxygen atoms in total. The number of carbonyl (C=O) groups excluding carboxylic acids is 3. The summed E-state index contributed by atoms with van der Waals surface area (Å²) in [5.41, 5.74) is 0. The molecule has 0 fully saturated rings. The van der Waals surface area contributed by atoms with Crippen LogP contribution in [-0.2, 0) is 28.7 Å². The number of carboxylic acid groups (broad SMARTS) is 1. The van der Waals surface area contributed by atoms with E-state index in [0.717, 1.165) is 32.1 Å². The number of aliphatic hydroxyl groups excluding tert-OH is 1. The highest BCUT2D eigenvalue weighted by Gasteiger charge is 2.11. The van der Waals surface area contributed by atoms with Gasteiger partial charge in [0, 0.05) is 19.4 Å². The summed E-state index contributed by atoms with van der Waals surface area (Å²) < 4.78 is 9.53. The van der Waals surface area contributed by atoms with Crippen LogP contribution in [0.25, 0.3) is 0 Å². The van der Waals surface area contributed by atoms with E-state index in [1.165, 1.54) is 0 Å². The van der Waals surface area contributed by atoms with Gasteiger partial charge in [-0.2, -0.15) is 0 Å². The molecular formula is C18H30O8. The molecule has 0 radical (unpaired) electrons. The molecule has 0 aliphatic heterocycles. The molecule has 0 spiro atoms. The summed E-state index contributed by atoms with van der Waals surface area (Å²) in [6, 6.07) is 0. The van der Waals surface area contributed by atoms with Gasteiger partial charge in [0.15, 0.2) is 0 Å². The molecule has 0 rings (SSSR count). The number of hydrogen-bond donors (Lipinski definition) is 2. The van der Waals surface area contributed by atoms with E-state index < -0.39 is 17.9 Å². The van der Waals surface area contributed by atoms with Crippen molar-refractivity contribution in [3.8, 4) is 0 Å². The summed E-state index contributed by atoms with van der Waals surface area (Å²) in [6.07, 6.45) is 6.17. The number of aliphatic hydroxyl groups is 1. The largest absolute Gasteiger partial charge is 0.481 e. The fourth-order valence-electron chi connectivity index (χ4n) is 2.16. The van der Waals surface area contributed by atoms with E-state index in [-0.39, 0.29) is 31.8 Å². The predicted molar refractivity (Wildman–Crippen MR) is 92.2 cm³/mol. The lowest BCUT2D eigenvalue weighted by Crippen LogP contribution is -2.13. The van der Waals surface area contributed by atoms with Gasteiger partial charge in [0.1, 0.15) is 0 Å². The number of rotatable bonds is 16. The lowest BCUT2D eigenvalue weighted by molar-refractivity contribution is -0.161. The van der Waals surface area contributed by atoms with Crippen molar-refractivity contribution in [2.75, 3.05) is 13.2 Å². The maximum Gasteiger partial charge on any atom is 0.314 e. The molecule has 0 unspecified atom stereocenters. The van der Waals surface area contributed by atoms with Gasteiger partial charge in [0.05, 0.1) is 19.4 Å².